The van der Waals surface area contributed by atoms with E-state index in [1.807, 2.05) is 37.3 Å². The van der Waals surface area contributed by atoms with E-state index >= 15 is 0 Å². The zero-order chi connectivity index (χ0) is 13.1. The van der Waals surface area contributed by atoms with Gasteiger partial charge in [0.2, 0.25) is 0 Å². The average Bonchev–Trinajstić information content (AvgIpc) is 2.81. The van der Waals surface area contributed by atoms with E-state index in [-0.39, 0.29) is 6.04 Å². The summed E-state index contributed by atoms with van der Waals surface area (Å²) in [7, 11) is 0. The molecular formula is C13H16N2O2S. The molecule has 96 valence electrons. The minimum atomic E-state index is -0.470. The van der Waals surface area contributed by atoms with Crippen molar-refractivity contribution in [2.75, 3.05) is 6.54 Å². The van der Waals surface area contributed by atoms with Crippen LogP contribution < -0.4 is 5.32 Å². The molecule has 2 rings (SSSR count). The largest absolute Gasteiger partial charge is 0.341 e. The molecule has 4 nitrogen and oxygen atoms in total. The predicted molar refractivity (Wildman–Crippen MR) is 72.9 cm³/mol. The molecule has 0 spiro atoms. The number of rotatable bonds is 3. The third-order valence-electron chi connectivity index (χ3n) is 2.76. The van der Waals surface area contributed by atoms with E-state index in [4.69, 9.17) is 0 Å². The number of hydroxylamine groups is 2. The van der Waals surface area contributed by atoms with Crippen molar-refractivity contribution < 1.29 is 10.0 Å². The van der Waals surface area contributed by atoms with Crippen LogP contribution in [0.15, 0.2) is 30.3 Å². The molecular weight excluding hydrogens is 248 g/mol. The summed E-state index contributed by atoms with van der Waals surface area (Å²) in [6.07, 6.45) is 0. The van der Waals surface area contributed by atoms with E-state index in [0.29, 0.717) is 6.54 Å². The minimum Gasteiger partial charge on any atom is -0.336 e. The van der Waals surface area contributed by atoms with Gasteiger partial charge < -0.3 is 5.32 Å². The van der Waals surface area contributed by atoms with Crippen LogP contribution in [0.2, 0.25) is 0 Å². The normalized spacial score (nSPS) is 12.4. The Kier molecular flexibility index (Phi) is 3.84. The molecule has 18 heavy (non-hydrogen) atoms. The van der Waals surface area contributed by atoms with Gasteiger partial charge in [0, 0.05) is 16.1 Å². The van der Waals surface area contributed by atoms with Crippen molar-refractivity contribution in [2.45, 2.75) is 19.9 Å². The van der Waals surface area contributed by atoms with Crippen molar-refractivity contribution in [1.29, 1.82) is 0 Å². The van der Waals surface area contributed by atoms with Gasteiger partial charge in [-0.05, 0) is 31.4 Å². The number of hydrogen-bond donors (Lipinski definition) is 2. The SMILES string of the molecule is CCNC(=O)N(O)C(C)c1cc2ccccc2s1. The second kappa shape index (κ2) is 5.37. The maximum Gasteiger partial charge on any atom is 0.341 e. The first kappa shape index (κ1) is 12.9. The smallest absolute Gasteiger partial charge is 0.336 e. The van der Waals surface area contributed by atoms with Crippen molar-refractivity contribution >= 4 is 27.5 Å². The number of thiophene rings is 1. The molecule has 1 aromatic heterocycles. The molecule has 0 aliphatic carbocycles. The second-order valence-electron chi connectivity index (χ2n) is 4.04. The van der Waals surface area contributed by atoms with Crippen LogP contribution in [0.3, 0.4) is 0 Å². The number of amides is 2. The Morgan fingerprint density at radius 2 is 2.22 bits per heavy atom. The quantitative estimate of drug-likeness (QED) is 0.659. The Morgan fingerprint density at radius 1 is 1.50 bits per heavy atom. The Morgan fingerprint density at radius 3 is 2.89 bits per heavy atom. The second-order valence-corrected chi connectivity index (χ2v) is 5.16. The number of urea groups is 1. The van der Waals surface area contributed by atoms with Crippen molar-refractivity contribution in [2.24, 2.45) is 0 Å². The molecule has 2 N–H and O–H groups in total. The van der Waals surface area contributed by atoms with Crippen LogP contribution in [-0.4, -0.2) is 22.8 Å². The van der Waals surface area contributed by atoms with Gasteiger partial charge in [-0.3, -0.25) is 5.21 Å². The standard InChI is InChI=1S/C13H16N2O2S/c1-3-14-13(16)15(17)9(2)12-8-10-6-4-5-7-11(10)18-12/h4-9,17H,3H2,1-2H3,(H,14,16). The van der Waals surface area contributed by atoms with Crippen LogP contribution in [0.1, 0.15) is 24.8 Å². The highest BCUT2D eigenvalue weighted by molar-refractivity contribution is 7.19. The van der Waals surface area contributed by atoms with Gasteiger partial charge in [0.1, 0.15) is 0 Å². The van der Waals surface area contributed by atoms with Crippen LogP contribution in [0.4, 0.5) is 4.79 Å². The first-order valence-electron chi connectivity index (χ1n) is 5.88. The first-order valence-corrected chi connectivity index (χ1v) is 6.69. The number of carbonyl (C=O) groups is 1. The average molecular weight is 264 g/mol. The molecule has 0 fully saturated rings. The highest BCUT2D eigenvalue weighted by atomic mass is 32.1. The molecule has 0 saturated carbocycles. The molecule has 0 aliphatic heterocycles. The van der Waals surface area contributed by atoms with E-state index in [2.05, 4.69) is 5.32 Å². The van der Waals surface area contributed by atoms with E-state index in [1.54, 1.807) is 18.3 Å². The number of hydrogen-bond acceptors (Lipinski definition) is 3. The first-order chi connectivity index (χ1) is 8.63. The number of fused-ring (bicyclic) bond motifs is 1. The fourth-order valence-electron chi connectivity index (χ4n) is 1.74. The molecule has 2 amide bonds. The van der Waals surface area contributed by atoms with Crippen molar-refractivity contribution in [3.8, 4) is 0 Å². The van der Waals surface area contributed by atoms with Gasteiger partial charge in [0.15, 0.2) is 0 Å². The molecule has 0 aliphatic rings. The Bertz CT molecular complexity index is 520. The van der Waals surface area contributed by atoms with Crippen LogP contribution >= 0.6 is 11.3 Å². The molecule has 1 aromatic carbocycles. The lowest BCUT2D eigenvalue weighted by Gasteiger charge is -2.21. The third-order valence-corrected chi connectivity index (χ3v) is 4.05. The van der Waals surface area contributed by atoms with E-state index < -0.39 is 6.03 Å². The van der Waals surface area contributed by atoms with Gasteiger partial charge in [0.25, 0.3) is 0 Å². The fourth-order valence-corrected chi connectivity index (χ4v) is 2.84. The molecule has 1 heterocycles. The summed E-state index contributed by atoms with van der Waals surface area (Å²) >= 11 is 1.59. The van der Waals surface area contributed by atoms with Crippen LogP contribution in [0, 0.1) is 0 Å². The van der Waals surface area contributed by atoms with Crippen LogP contribution in [-0.2, 0) is 0 Å². The summed E-state index contributed by atoms with van der Waals surface area (Å²) < 4.78 is 1.16. The summed E-state index contributed by atoms with van der Waals surface area (Å²) in [4.78, 5) is 12.5. The van der Waals surface area contributed by atoms with Gasteiger partial charge in [-0.1, -0.05) is 18.2 Å². The lowest BCUT2D eigenvalue weighted by atomic mass is 10.2. The molecule has 0 radical (unpaired) electrons. The predicted octanol–water partition coefficient (Wildman–Crippen LogP) is 3.38. The van der Waals surface area contributed by atoms with Crippen molar-refractivity contribution in [1.82, 2.24) is 10.4 Å². The number of nitrogens with zero attached hydrogens (tertiary/aromatic N) is 1. The van der Waals surface area contributed by atoms with Gasteiger partial charge >= 0.3 is 6.03 Å². The van der Waals surface area contributed by atoms with Gasteiger partial charge in [-0.15, -0.1) is 11.3 Å². The molecule has 5 heteroatoms. The van der Waals surface area contributed by atoms with Crippen molar-refractivity contribution in [3.05, 3.63) is 35.2 Å². The Balaban J connectivity index is 2.22. The maximum atomic E-state index is 11.5. The number of carbonyl (C=O) groups excluding carboxylic acids is 1. The highest BCUT2D eigenvalue weighted by Crippen LogP contribution is 2.31. The fraction of sp³-hybridized carbons (Fsp3) is 0.308. The topological polar surface area (TPSA) is 52.6 Å². The van der Waals surface area contributed by atoms with Gasteiger partial charge in [-0.25, -0.2) is 4.79 Å². The molecule has 0 saturated heterocycles. The zero-order valence-corrected chi connectivity index (χ0v) is 11.2. The monoisotopic (exact) mass is 264 g/mol. The van der Waals surface area contributed by atoms with Crippen molar-refractivity contribution in [3.63, 3.8) is 0 Å². The van der Waals surface area contributed by atoms with E-state index in [0.717, 1.165) is 20.0 Å². The summed E-state index contributed by atoms with van der Waals surface area (Å²) in [6, 6.07) is 9.20. The molecule has 1 atom stereocenters. The van der Waals surface area contributed by atoms with Gasteiger partial charge in [0.05, 0.1) is 6.04 Å². The lowest BCUT2D eigenvalue weighted by Crippen LogP contribution is -2.38. The van der Waals surface area contributed by atoms with E-state index in [1.165, 1.54) is 0 Å². The Hall–Kier alpha value is -1.59. The highest BCUT2D eigenvalue weighted by Gasteiger charge is 2.20. The summed E-state index contributed by atoms with van der Waals surface area (Å²) in [5.41, 5.74) is 0. The Labute approximate surface area is 110 Å². The summed E-state index contributed by atoms with van der Waals surface area (Å²) in [6.45, 7) is 4.12. The van der Waals surface area contributed by atoms with Crippen LogP contribution in [0.5, 0.6) is 0 Å². The zero-order valence-electron chi connectivity index (χ0n) is 10.4. The lowest BCUT2D eigenvalue weighted by molar-refractivity contribution is -0.0732. The number of nitrogens with one attached hydrogen (secondary N) is 1. The molecule has 0 bridgehead atoms. The summed E-state index contributed by atoms with van der Waals surface area (Å²) in [5, 5.41) is 14.3. The number of benzene rings is 1. The third kappa shape index (κ3) is 2.47. The van der Waals surface area contributed by atoms with Gasteiger partial charge in [-0.2, -0.15) is 5.06 Å². The van der Waals surface area contributed by atoms with E-state index in [9.17, 15) is 10.0 Å². The maximum absolute atomic E-state index is 11.5. The summed E-state index contributed by atoms with van der Waals surface area (Å²) in [5.74, 6) is 0. The molecule has 2 aromatic rings. The minimum absolute atomic E-state index is 0.353. The molecule has 1 unspecified atom stereocenters. The van der Waals surface area contributed by atoms with Crippen LogP contribution in [0.25, 0.3) is 10.1 Å².